The second-order valence-corrected chi connectivity index (χ2v) is 16.3. The van der Waals surface area contributed by atoms with E-state index in [2.05, 4.69) is 15.4 Å². The van der Waals surface area contributed by atoms with Crippen molar-refractivity contribution in [3.63, 3.8) is 0 Å². The largest absolute Gasteiger partial charge is 0.497 e. The summed E-state index contributed by atoms with van der Waals surface area (Å²) < 4.78 is 57.3. The van der Waals surface area contributed by atoms with Gasteiger partial charge in [-0.05, 0) is 43.2 Å². The molecule has 2 aliphatic carbocycles. The van der Waals surface area contributed by atoms with Gasteiger partial charge in [0.1, 0.15) is 48.5 Å². The summed E-state index contributed by atoms with van der Waals surface area (Å²) in [5.74, 6) is -1.83. The Morgan fingerprint density at radius 1 is 1.07 bits per heavy atom. The summed E-state index contributed by atoms with van der Waals surface area (Å²) in [6, 6.07) is 14.3. The molecule has 6 rings (SSSR count). The van der Waals surface area contributed by atoms with Gasteiger partial charge in [-0.2, -0.15) is 0 Å². The molecule has 2 aromatic carbocycles. The first kappa shape index (κ1) is 38.7. The molecule has 1 saturated heterocycles. The second kappa shape index (κ2) is 15.8. The number of ether oxygens (including phenoxy) is 3. The van der Waals surface area contributed by atoms with E-state index in [4.69, 9.17) is 19.2 Å². The highest BCUT2D eigenvalue weighted by atomic mass is 32.2. The smallest absolute Gasteiger partial charge is 0.407 e. The van der Waals surface area contributed by atoms with Crippen molar-refractivity contribution in [3.05, 3.63) is 54.6 Å². The summed E-state index contributed by atoms with van der Waals surface area (Å²) in [5.41, 5.74) is 0.574. The Bertz CT molecular complexity index is 2010. The zero-order chi connectivity index (χ0) is 38.8. The molecule has 0 spiro atoms. The standard InChI is InChI=1S/C38H46FN5O9S/c1-5-24-20-38(24,36(47)43-54(49,50)27-12-13-27)42-34(45)31-18-26(21-44(31)35(46)33(22(2)3)41-37(48)52-16-15-39)53-32-19-29(23-9-7-6-8-10-23)40-30-17-25(51-4)11-14-28(30)32/h6-11,14,17,19,22,24,26-27,31,33H,5,12-13,15-16,18,20-21H2,1-4H3,(H,41,48)(H,42,45)(H,43,47)/t24-,26-,31+,33+,38-/m1/s1. The highest BCUT2D eigenvalue weighted by Crippen LogP contribution is 2.47. The molecule has 0 bridgehead atoms. The Balaban J connectivity index is 1.32. The topological polar surface area (TPSA) is 182 Å². The molecule has 3 N–H and O–H groups in total. The summed E-state index contributed by atoms with van der Waals surface area (Å²) in [5, 5.41) is 5.36. The van der Waals surface area contributed by atoms with E-state index in [9.17, 15) is 32.0 Å². The van der Waals surface area contributed by atoms with E-state index < -0.39 is 82.0 Å². The van der Waals surface area contributed by atoms with Gasteiger partial charge in [0.05, 0.1) is 30.1 Å². The molecule has 2 saturated carbocycles. The molecule has 1 aromatic heterocycles. The number of sulfonamides is 1. The lowest BCUT2D eigenvalue weighted by molar-refractivity contribution is -0.141. The number of aromatic nitrogens is 1. The maximum atomic E-state index is 14.3. The van der Waals surface area contributed by atoms with E-state index >= 15 is 0 Å². The van der Waals surface area contributed by atoms with Crippen LogP contribution in [0.5, 0.6) is 11.5 Å². The quantitative estimate of drug-likeness (QED) is 0.205. The van der Waals surface area contributed by atoms with Crippen LogP contribution < -0.4 is 24.8 Å². The van der Waals surface area contributed by atoms with Crippen LogP contribution >= 0.6 is 0 Å². The molecule has 4 amide bonds. The Morgan fingerprint density at radius 3 is 2.44 bits per heavy atom. The minimum Gasteiger partial charge on any atom is -0.497 e. The normalized spacial score (nSPS) is 22.7. The van der Waals surface area contributed by atoms with Gasteiger partial charge in [0.2, 0.25) is 21.8 Å². The molecule has 0 unspecified atom stereocenters. The van der Waals surface area contributed by atoms with Gasteiger partial charge in [0.15, 0.2) is 0 Å². The lowest BCUT2D eigenvalue weighted by Gasteiger charge is -2.31. The van der Waals surface area contributed by atoms with Gasteiger partial charge in [0, 0.05) is 29.5 Å². The highest BCUT2D eigenvalue weighted by Gasteiger charge is 2.62. The van der Waals surface area contributed by atoms with Crippen molar-refractivity contribution >= 4 is 44.7 Å². The number of alkyl carbamates (subject to hydrolysis) is 1. The summed E-state index contributed by atoms with van der Waals surface area (Å²) >= 11 is 0. The van der Waals surface area contributed by atoms with Crippen LogP contribution in [-0.4, -0.2) is 98.0 Å². The molecule has 290 valence electrons. The van der Waals surface area contributed by atoms with Crippen molar-refractivity contribution in [2.24, 2.45) is 11.8 Å². The first-order chi connectivity index (χ1) is 25.8. The molecule has 0 radical (unpaired) electrons. The van der Waals surface area contributed by atoms with Crippen LogP contribution in [0.3, 0.4) is 0 Å². The van der Waals surface area contributed by atoms with Crippen molar-refractivity contribution in [3.8, 4) is 22.8 Å². The monoisotopic (exact) mass is 767 g/mol. The number of carbonyl (C=O) groups is 4. The summed E-state index contributed by atoms with van der Waals surface area (Å²) in [7, 11) is -2.34. The van der Waals surface area contributed by atoms with Gasteiger partial charge in [-0.1, -0.05) is 57.5 Å². The average molecular weight is 768 g/mol. The Labute approximate surface area is 313 Å². The number of halogens is 1. The maximum Gasteiger partial charge on any atom is 0.407 e. The zero-order valence-electron chi connectivity index (χ0n) is 30.7. The summed E-state index contributed by atoms with van der Waals surface area (Å²) in [4.78, 5) is 60.8. The van der Waals surface area contributed by atoms with Crippen molar-refractivity contribution in [2.75, 3.05) is 26.9 Å². The van der Waals surface area contributed by atoms with E-state index in [1.165, 1.54) is 4.90 Å². The van der Waals surface area contributed by atoms with E-state index in [0.717, 1.165) is 5.56 Å². The fraction of sp³-hybridized carbons (Fsp3) is 0.500. The zero-order valence-corrected chi connectivity index (χ0v) is 31.5. The predicted octanol–water partition coefficient (Wildman–Crippen LogP) is 3.87. The van der Waals surface area contributed by atoms with Crippen molar-refractivity contribution < 1.29 is 46.2 Å². The second-order valence-electron chi connectivity index (χ2n) is 14.4. The van der Waals surface area contributed by atoms with Crippen LogP contribution in [0.25, 0.3) is 22.2 Å². The van der Waals surface area contributed by atoms with Gasteiger partial charge in [-0.15, -0.1) is 0 Å². The van der Waals surface area contributed by atoms with Crippen LogP contribution in [0.4, 0.5) is 9.18 Å². The minimum absolute atomic E-state index is 0.00416. The van der Waals surface area contributed by atoms with Gasteiger partial charge in [0.25, 0.3) is 5.91 Å². The number of pyridine rings is 1. The minimum atomic E-state index is -3.89. The third kappa shape index (κ3) is 8.22. The van der Waals surface area contributed by atoms with Gasteiger partial charge < -0.3 is 29.7 Å². The number of amides is 4. The Kier molecular flexibility index (Phi) is 11.3. The van der Waals surface area contributed by atoms with Crippen molar-refractivity contribution in [1.29, 1.82) is 0 Å². The van der Waals surface area contributed by atoms with E-state index in [-0.39, 0.29) is 25.3 Å². The first-order valence-corrected chi connectivity index (χ1v) is 19.7. The van der Waals surface area contributed by atoms with Gasteiger partial charge in [-0.3, -0.25) is 19.1 Å². The molecule has 16 heteroatoms. The van der Waals surface area contributed by atoms with Crippen LogP contribution in [0, 0.1) is 11.8 Å². The van der Waals surface area contributed by atoms with Crippen LogP contribution in [-0.2, 0) is 29.1 Å². The number of nitrogens with zero attached hydrogens (tertiary/aromatic N) is 2. The SMILES string of the molecule is CC[C@@H]1C[C@]1(NC(=O)[C@@H]1C[C@@H](Oc2cc(-c3ccccc3)nc3cc(OC)ccc23)CN1C(=O)[C@@H](NC(=O)OCCF)C(C)C)C(=O)NS(=O)(=O)C1CC1. The maximum absolute atomic E-state index is 14.3. The van der Waals surface area contributed by atoms with Crippen LogP contribution in [0.2, 0.25) is 0 Å². The number of methoxy groups -OCH3 is 1. The van der Waals surface area contributed by atoms with E-state index in [1.807, 2.05) is 43.3 Å². The highest BCUT2D eigenvalue weighted by molar-refractivity contribution is 7.91. The number of carbonyl (C=O) groups excluding carboxylic acids is 4. The summed E-state index contributed by atoms with van der Waals surface area (Å²) in [6.07, 6.45) is -0.0830. The van der Waals surface area contributed by atoms with Gasteiger partial charge >= 0.3 is 6.09 Å². The molecule has 2 heterocycles. The predicted molar refractivity (Wildman–Crippen MR) is 197 cm³/mol. The Hall–Kier alpha value is -4.99. The van der Waals surface area contributed by atoms with Crippen molar-refractivity contribution in [2.45, 2.75) is 81.9 Å². The van der Waals surface area contributed by atoms with Crippen LogP contribution in [0.1, 0.15) is 52.9 Å². The Morgan fingerprint density at radius 2 is 1.81 bits per heavy atom. The number of fused-ring (bicyclic) bond motifs is 1. The third-order valence-electron chi connectivity index (χ3n) is 10.3. The molecular formula is C38H46FN5O9S. The molecular weight excluding hydrogens is 722 g/mol. The lowest BCUT2D eigenvalue weighted by atomic mass is 10.0. The first-order valence-electron chi connectivity index (χ1n) is 18.2. The number of benzene rings is 2. The number of likely N-dealkylation sites (tertiary alicyclic amines) is 1. The molecule has 14 nitrogen and oxygen atoms in total. The summed E-state index contributed by atoms with van der Waals surface area (Å²) in [6.45, 7) is 3.78. The molecule has 3 aromatic rings. The number of hydrogen-bond donors (Lipinski definition) is 3. The van der Waals surface area contributed by atoms with Gasteiger partial charge in [-0.25, -0.2) is 22.6 Å². The van der Waals surface area contributed by atoms with E-state index in [0.29, 0.717) is 47.4 Å². The number of rotatable bonds is 15. The molecule has 54 heavy (non-hydrogen) atoms. The molecule has 3 aliphatic rings. The molecule has 1 aliphatic heterocycles. The van der Waals surface area contributed by atoms with E-state index in [1.54, 1.807) is 39.2 Å². The number of nitrogens with one attached hydrogen (secondary N) is 3. The fourth-order valence-electron chi connectivity index (χ4n) is 7.00. The number of alkyl halides is 1. The molecule has 5 atom stereocenters. The third-order valence-corrected chi connectivity index (χ3v) is 12.1. The molecule has 3 fully saturated rings. The lowest BCUT2D eigenvalue weighted by Crippen LogP contribution is -2.59. The van der Waals surface area contributed by atoms with Crippen molar-refractivity contribution in [1.82, 2.24) is 25.2 Å². The average Bonchev–Trinajstić information content (AvgIpc) is 4.09. The fourth-order valence-corrected chi connectivity index (χ4v) is 8.36. The number of hydrogen-bond acceptors (Lipinski definition) is 10. The van der Waals surface area contributed by atoms with Crippen LogP contribution in [0.15, 0.2) is 54.6 Å².